The van der Waals surface area contributed by atoms with Crippen molar-refractivity contribution in [3.63, 3.8) is 0 Å². The van der Waals surface area contributed by atoms with Gasteiger partial charge in [0.25, 0.3) is 0 Å². The van der Waals surface area contributed by atoms with E-state index < -0.39 is 23.8 Å². The summed E-state index contributed by atoms with van der Waals surface area (Å²) in [6.45, 7) is 13.2. The summed E-state index contributed by atoms with van der Waals surface area (Å²) in [6, 6.07) is 4.13. The number of thioether (sulfide) groups is 1. The van der Waals surface area contributed by atoms with Crippen LogP contribution in [0.4, 0.5) is 4.79 Å². The Morgan fingerprint density at radius 1 is 1.11 bits per heavy atom. The van der Waals surface area contributed by atoms with Crippen LogP contribution in [-0.2, 0) is 14.3 Å². The van der Waals surface area contributed by atoms with Crippen molar-refractivity contribution in [3.05, 3.63) is 34.9 Å². The van der Waals surface area contributed by atoms with Crippen molar-refractivity contribution in [2.75, 3.05) is 12.0 Å². The average Bonchev–Trinajstić information content (AvgIpc) is 2.81. The van der Waals surface area contributed by atoms with E-state index in [1.807, 2.05) is 52.1 Å². The van der Waals surface area contributed by atoms with Gasteiger partial charge in [-0.05, 0) is 96.4 Å². The maximum absolute atomic E-state index is 14.2. The molecule has 8 heteroatoms. The average molecular weight is 534 g/mol. The molecule has 7 nitrogen and oxygen atoms in total. The SMILES string of the molecule is CSCCC(NC(=O)OC(C)(C)C)C(=O)N(C(C)C)C(C(=O)NC1CCCCC1)c1cccc(C)c1C. The van der Waals surface area contributed by atoms with Crippen molar-refractivity contribution in [2.24, 2.45) is 0 Å². The highest BCUT2D eigenvalue weighted by atomic mass is 32.2. The third kappa shape index (κ3) is 9.24. The van der Waals surface area contributed by atoms with Gasteiger partial charge >= 0.3 is 6.09 Å². The Kier molecular flexibility index (Phi) is 11.8. The van der Waals surface area contributed by atoms with Crippen LogP contribution in [0.15, 0.2) is 18.2 Å². The fraction of sp³-hybridized carbons (Fsp3) is 0.690. The van der Waals surface area contributed by atoms with Gasteiger partial charge in [-0.25, -0.2) is 4.79 Å². The lowest BCUT2D eigenvalue weighted by Gasteiger charge is -2.38. The van der Waals surface area contributed by atoms with Crippen molar-refractivity contribution in [1.82, 2.24) is 15.5 Å². The first-order valence-electron chi connectivity index (χ1n) is 13.5. The van der Waals surface area contributed by atoms with Crippen LogP contribution < -0.4 is 10.6 Å². The second-order valence-corrected chi connectivity index (χ2v) is 12.3. The summed E-state index contributed by atoms with van der Waals surface area (Å²) < 4.78 is 5.46. The summed E-state index contributed by atoms with van der Waals surface area (Å²) in [7, 11) is 0. The van der Waals surface area contributed by atoms with Gasteiger partial charge in [-0.3, -0.25) is 9.59 Å². The number of hydrogen-bond acceptors (Lipinski definition) is 5. The highest BCUT2D eigenvalue weighted by Crippen LogP contribution is 2.30. The molecule has 2 unspecified atom stereocenters. The van der Waals surface area contributed by atoms with Crippen molar-refractivity contribution < 1.29 is 19.1 Å². The molecule has 1 saturated carbocycles. The molecule has 2 N–H and O–H groups in total. The maximum Gasteiger partial charge on any atom is 0.408 e. The Balaban J connectivity index is 2.48. The maximum atomic E-state index is 14.2. The number of amides is 3. The topological polar surface area (TPSA) is 87.7 Å². The van der Waals surface area contributed by atoms with Crippen molar-refractivity contribution in [1.29, 1.82) is 0 Å². The van der Waals surface area contributed by atoms with Crippen molar-refractivity contribution in [3.8, 4) is 0 Å². The zero-order chi connectivity index (χ0) is 27.8. The molecular formula is C29H47N3O4S. The lowest BCUT2D eigenvalue weighted by atomic mass is 9.92. The molecule has 0 bridgehead atoms. The van der Waals surface area contributed by atoms with Crippen LogP contribution in [0.2, 0.25) is 0 Å². The van der Waals surface area contributed by atoms with E-state index in [0.29, 0.717) is 12.2 Å². The molecule has 0 aliphatic heterocycles. The van der Waals surface area contributed by atoms with E-state index in [1.165, 1.54) is 6.42 Å². The summed E-state index contributed by atoms with van der Waals surface area (Å²) in [4.78, 5) is 42.4. The molecule has 0 heterocycles. The zero-order valence-corrected chi connectivity index (χ0v) is 24.8. The van der Waals surface area contributed by atoms with Gasteiger partial charge < -0.3 is 20.3 Å². The van der Waals surface area contributed by atoms with E-state index in [-0.39, 0.29) is 23.9 Å². The molecule has 0 aromatic heterocycles. The number of alkyl carbamates (subject to hydrolysis) is 1. The molecular weight excluding hydrogens is 486 g/mol. The minimum atomic E-state index is -0.806. The lowest BCUT2D eigenvalue weighted by Crippen LogP contribution is -2.56. The van der Waals surface area contributed by atoms with Gasteiger partial charge in [0, 0.05) is 12.1 Å². The Hall–Kier alpha value is -2.22. The number of nitrogens with zero attached hydrogens (tertiary/aromatic N) is 1. The third-order valence-electron chi connectivity index (χ3n) is 6.83. The van der Waals surface area contributed by atoms with E-state index in [9.17, 15) is 14.4 Å². The molecule has 3 amide bonds. The first kappa shape index (κ1) is 31.0. The van der Waals surface area contributed by atoms with E-state index in [2.05, 4.69) is 10.6 Å². The van der Waals surface area contributed by atoms with E-state index >= 15 is 0 Å². The molecule has 2 atom stereocenters. The van der Waals surface area contributed by atoms with E-state index in [0.717, 1.165) is 42.4 Å². The number of nitrogens with one attached hydrogen (secondary N) is 2. The third-order valence-corrected chi connectivity index (χ3v) is 7.47. The molecule has 0 saturated heterocycles. The minimum Gasteiger partial charge on any atom is -0.444 e. The van der Waals surface area contributed by atoms with Crippen LogP contribution in [0.25, 0.3) is 0 Å². The van der Waals surface area contributed by atoms with Gasteiger partial charge in [-0.2, -0.15) is 11.8 Å². The monoisotopic (exact) mass is 533 g/mol. The van der Waals surface area contributed by atoms with E-state index in [1.54, 1.807) is 37.4 Å². The molecule has 0 radical (unpaired) electrons. The van der Waals surface area contributed by atoms with Crippen LogP contribution in [0.1, 0.15) is 95.9 Å². The largest absolute Gasteiger partial charge is 0.444 e. The first-order chi connectivity index (χ1) is 17.4. The Morgan fingerprint density at radius 2 is 1.76 bits per heavy atom. The Labute approximate surface area is 227 Å². The van der Waals surface area contributed by atoms with Crippen LogP contribution in [0.3, 0.4) is 0 Å². The summed E-state index contributed by atoms with van der Waals surface area (Å²) in [5.41, 5.74) is 2.19. The predicted molar refractivity (Wildman–Crippen MR) is 152 cm³/mol. The fourth-order valence-corrected chi connectivity index (χ4v) is 5.29. The van der Waals surface area contributed by atoms with Gasteiger partial charge in [-0.1, -0.05) is 37.5 Å². The second-order valence-electron chi connectivity index (χ2n) is 11.4. The predicted octanol–water partition coefficient (Wildman–Crippen LogP) is 5.68. The quantitative estimate of drug-likeness (QED) is 0.404. The van der Waals surface area contributed by atoms with Gasteiger partial charge in [0.05, 0.1) is 0 Å². The van der Waals surface area contributed by atoms with Crippen molar-refractivity contribution >= 4 is 29.7 Å². The number of carbonyl (C=O) groups excluding carboxylic acids is 3. The van der Waals surface area contributed by atoms with E-state index in [4.69, 9.17) is 4.74 Å². The normalized spacial score (nSPS) is 16.1. The number of ether oxygens (including phenoxy) is 1. The van der Waals surface area contributed by atoms with Gasteiger partial charge in [-0.15, -0.1) is 0 Å². The summed E-state index contributed by atoms with van der Waals surface area (Å²) in [6.07, 6.45) is 7.07. The molecule has 1 aromatic carbocycles. The molecule has 1 fully saturated rings. The summed E-state index contributed by atoms with van der Waals surface area (Å²) >= 11 is 1.60. The second kappa shape index (κ2) is 14.1. The zero-order valence-electron chi connectivity index (χ0n) is 24.0. The Bertz CT molecular complexity index is 922. The molecule has 1 aliphatic rings. The van der Waals surface area contributed by atoms with Crippen LogP contribution in [0.5, 0.6) is 0 Å². The van der Waals surface area contributed by atoms with Gasteiger partial charge in [0.1, 0.15) is 17.7 Å². The first-order valence-corrected chi connectivity index (χ1v) is 14.9. The number of aryl methyl sites for hydroxylation is 1. The molecule has 1 aliphatic carbocycles. The lowest BCUT2D eigenvalue weighted by molar-refractivity contribution is -0.145. The van der Waals surface area contributed by atoms with Crippen LogP contribution in [0, 0.1) is 13.8 Å². The highest BCUT2D eigenvalue weighted by Gasteiger charge is 2.39. The molecule has 208 valence electrons. The van der Waals surface area contributed by atoms with Crippen molar-refractivity contribution in [2.45, 2.75) is 117 Å². The van der Waals surface area contributed by atoms with Gasteiger partial charge in [0.15, 0.2) is 0 Å². The smallest absolute Gasteiger partial charge is 0.408 e. The highest BCUT2D eigenvalue weighted by molar-refractivity contribution is 7.98. The van der Waals surface area contributed by atoms with Crippen LogP contribution >= 0.6 is 11.8 Å². The molecule has 0 spiro atoms. The van der Waals surface area contributed by atoms with Crippen LogP contribution in [-0.4, -0.2) is 58.5 Å². The number of carbonyl (C=O) groups is 3. The molecule has 37 heavy (non-hydrogen) atoms. The number of rotatable bonds is 10. The Morgan fingerprint density at radius 3 is 2.32 bits per heavy atom. The fourth-order valence-electron chi connectivity index (χ4n) is 4.82. The minimum absolute atomic E-state index is 0.116. The summed E-state index contributed by atoms with van der Waals surface area (Å²) in [5, 5.41) is 6.06. The number of hydrogen-bond donors (Lipinski definition) is 2. The standard InChI is InChI=1S/C29H47N3O4S/c1-19(2)32(27(34)24(17-18-37-8)31-28(35)36-29(5,6)7)25(23-16-12-13-20(3)21(23)4)26(33)30-22-14-10-9-11-15-22/h12-13,16,19,22,24-25H,9-11,14-15,17-18H2,1-8H3,(H,30,33)(H,31,35). The number of benzene rings is 1. The molecule has 2 rings (SSSR count). The molecule has 1 aromatic rings. The van der Waals surface area contributed by atoms with Gasteiger partial charge in [0.2, 0.25) is 11.8 Å². The summed E-state index contributed by atoms with van der Waals surface area (Å²) in [5.74, 6) is 0.240.